The minimum Gasteiger partial charge on any atom is -0.480 e. The average Bonchev–Trinajstić information content (AvgIpc) is 2.15. The van der Waals surface area contributed by atoms with Crippen molar-refractivity contribution >= 4 is 5.97 Å². The number of nitrogens with one attached hydrogen (secondary N) is 1. The lowest BCUT2D eigenvalue weighted by Crippen LogP contribution is -2.46. The van der Waals surface area contributed by atoms with Crippen LogP contribution in [0.3, 0.4) is 0 Å². The van der Waals surface area contributed by atoms with Crippen LogP contribution in [0.25, 0.3) is 0 Å². The van der Waals surface area contributed by atoms with Gasteiger partial charge in [0.05, 0.1) is 0 Å². The Balaban J connectivity index is 2.29. The number of carboxylic acids is 1. The number of aliphatic carboxylic acids is 1. The molecule has 0 aromatic rings. The molecule has 0 aromatic heterocycles. The lowest BCUT2D eigenvalue weighted by atomic mass is 9.93. The van der Waals surface area contributed by atoms with E-state index in [9.17, 15) is 4.79 Å². The van der Waals surface area contributed by atoms with E-state index in [2.05, 4.69) is 19.2 Å². The van der Waals surface area contributed by atoms with E-state index in [4.69, 9.17) is 5.11 Å². The van der Waals surface area contributed by atoms with Crippen LogP contribution in [0.5, 0.6) is 0 Å². The number of piperidine rings is 1. The quantitative estimate of drug-likeness (QED) is 0.728. The van der Waals surface area contributed by atoms with Crippen molar-refractivity contribution in [1.29, 1.82) is 0 Å². The van der Waals surface area contributed by atoms with Gasteiger partial charge < -0.3 is 10.4 Å². The maximum absolute atomic E-state index is 10.8. The lowest BCUT2D eigenvalue weighted by molar-refractivity contribution is -0.140. The number of carboxylic acid groups (broad SMARTS) is 1. The summed E-state index contributed by atoms with van der Waals surface area (Å²) in [4.78, 5) is 10.8. The van der Waals surface area contributed by atoms with Crippen LogP contribution in [-0.4, -0.2) is 23.2 Å². The molecular formula is C11H21NO2. The molecule has 2 unspecified atom stereocenters. The van der Waals surface area contributed by atoms with Gasteiger partial charge in [-0.2, -0.15) is 0 Å². The van der Waals surface area contributed by atoms with E-state index in [0.717, 1.165) is 25.7 Å². The van der Waals surface area contributed by atoms with Crippen LogP contribution in [0.2, 0.25) is 0 Å². The Kier molecular flexibility index (Phi) is 4.39. The summed E-state index contributed by atoms with van der Waals surface area (Å²) < 4.78 is 0. The Morgan fingerprint density at radius 3 is 2.79 bits per heavy atom. The highest BCUT2D eigenvalue weighted by molar-refractivity contribution is 5.73. The van der Waals surface area contributed by atoms with Crippen LogP contribution >= 0.6 is 0 Å². The van der Waals surface area contributed by atoms with Gasteiger partial charge in [-0.1, -0.05) is 13.8 Å². The zero-order valence-corrected chi connectivity index (χ0v) is 9.12. The van der Waals surface area contributed by atoms with Crippen LogP contribution < -0.4 is 5.32 Å². The summed E-state index contributed by atoms with van der Waals surface area (Å²) in [5.74, 6) is 0.0150. The van der Waals surface area contributed by atoms with E-state index in [1.165, 1.54) is 6.42 Å². The van der Waals surface area contributed by atoms with Crippen molar-refractivity contribution in [1.82, 2.24) is 5.32 Å². The van der Waals surface area contributed by atoms with Gasteiger partial charge in [-0.25, -0.2) is 0 Å². The fourth-order valence-corrected chi connectivity index (χ4v) is 1.98. The lowest BCUT2D eigenvalue weighted by Gasteiger charge is -2.29. The monoisotopic (exact) mass is 199 g/mol. The molecule has 1 aliphatic rings. The molecule has 2 N–H and O–H groups in total. The minimum absolute atomic E-state index is 0.305. The Labute approximate surface area is 85.9 Å². The van der Waals surface area contributed by atoms with Gasteiger partial charge in [0.25, 0.3) is 0 Å². The van der Waals surface area contributed by atoms with E-state index in [1.807, 2.05) is 0 Å². The second-order valence-electron chi connectivity index (χ2n) is 4.66. The topological polar surface area (TPSA) is 49.3 Å². The van der Waals surface area contributed by atoms with Gasteiger partial charge in [-0.15, -0.1) is 0 Å². The van der Waals surface area contributed by atoms with Gasteiger partial charge in [0.1, 0.15) is 6.04 Å². The number of hydrogen-bond donors (Lipinski definition) is 2. The first-order valence-electron chi connectivity index (χ1n) is 5.58. The second-order valence-corrected chi connectivity index (χ2v) is 4.66. The molecule has 14 heavy (non-hydrogen) atoms. The number of rotatable bonds is 4. The fraction of sp³-hybridized carbons (Fsp3) is 0.909. The molecule has 82 valence electrons. The van der Waals surface area contributed by atoms with E-state index in [-0.39, 0.29) is 6.04 Å². The zero-order valence-electron chi connectivity index (χ0n) is 9.12. The third-order valence-corrected chi connectivity index (χ3v) is 2.87. The highest BCUT2D eigenvalue weighted by atomic mass is 16.4. The van der Waals surface area contributed by atoms with Crippen molar-refractivity contribution in [2.45, 2.75) is 58.0 Å². The zero-order chi connectivity index (χ0) is 10.6. The third-order valence-electron chi connectivity index (χ3n) is 2.87. The Bertz CT molecular complexity index is 192. The van der Waals surface area contributed by atoms with Crippen molar-refractivity contribution in [2.24, 2.45) is 5.92 Å². The van der Waals surface area contributed by atoms with Gasteiger partial charge in [-0.05, 0) is 38.0 Å². The van der Waals surface area contributed by atoms with Gasteiger partial charge >= 0.3 is 5.97 Å². The first kappa shape index (κ1) is 11.5. The highest BCUT2D eigenvalue weighted by Gasteiger charge is 2.25. The van der Waals surface area contributed by atoms with Crippen molar-refractivity contribution in [3.63, 3.8) is 0 Å². The standard InChI is InChI=1S/C11H21NO2/c1-8(2)6-7-9-4-3-5-10(12-9)11(13)14/h8-10,12H,3-7H2,1-2H3,(H,13,14). The van der Waals surface area contributed by atoms with Crippen LogP contribution in [0, 0.1) is 5.92 Å². The predicted octanol–water partition coefficient (Wildman–Crippen LogP) is 2.02. The van der Waals surface area contributed by atoms with Gasteiger partial charge in [0.2, 0.25) is 0 Å². The smallest absolute Gasteiger partial charge is 0.320 e. The minimum atomic E-state index is -0.695. The number of hydrogen-bond acceptors (Lipinski definition) is 2. The molecule has 1 rings (SSSR count). The van der Waals surface area contributed by atoms with E-state index in [1.54, 1.807) is 0 Å². The molecule has 0 spiro atoms. The third kappa shape index (κ3) is 3.66. The van der Waals surface area contributed by atoms with Gasteiger partial charge in [-0.3, -0.25) is 4.79 Å². The first-order chi connectivity index (χ1) is 6.59. The normalized spacial score (nSPS) is 27.9. The Hall–Kier alpha value is -0.570. The predicted molar refractivity (Wildman–Crippen MR) is 56.3 cm³/mol. The molecule has 1 heterocycles. The molecule has 0 amide bonds. The summed E-state index contributed by atoms with van der Waals surface area (Å²) in [6.45, 7) is 4.41. The van der Waals surface area contributed by atoms with Crippen LogP contribution in [0.1, 0.15) is 46.0 Å². The Morgan fingerprint density at radius 2 is 2.21 bits per heavy atom. The summed E-state index contributed by atoms with van der Waals surface area (Å²) in [5, 5.41) is 12.1. The summed E-state index contributed by atoms with van der Waals surface area (Å²) in [6, 6.07) is 0.119. The van der Waals surface area contributed by atoms with Crippen LogP contribution in [0.4, 0.5) is 0 Å². The second kappa shape index (κ2) is 5.35. The Morgan fingerprint density at radius 1 is 1.50 bits per heavy atom. The van der Waals surface area contributed by atoms with Gasteiger partial charge in [0.15, 0.2) is 0 Å². The molecule has 0 radical (unpaired) electrons. The van der Waals surface area contributed by atoms with Gasteiger partial charge in [0, 0.05) is 6.04 Å². The molecule has 3 nitrogen and oxygen atoms in total. The molecular weight excluding hydrogens is 178 g/mol. The molecule has 3 heteroatoms. The maximum atomic E-state index is 10.8. The molecule has 1 saturated heterocycles. The van der Waals surface area contributed by atoms with E-state index >= 15 is 0 Å². The first-order valence-corrected chi connectivity index (χ1v) is 5.58. The van der Waals surface area contributed by atoms with E-state index in [0.29, 0.717) is 12.0 Å². The molecule has 2 atom stereocenters. The van der Waals surface area contributed by atoms with Crippen LogP contribution in [0.15, 0.2) is 0 Å². The molecule has 1 aliphatic heterocycles. The SMILES string of the molecule is CC(C)CCC1CCCC(C(=O)O)N1. The van der Waals surface area contributed by atoms with Crippen LogP contribution in [-0.2, 0) is 4.79 Å². The highest BCUT2D eigenvalue weighted by Crippen LogP contribution is 2.18. The summed E-state index contributed by atoms with van der Waals surface area (Å²) in [6.07, 6.45) is 5.27. The maximum Gasteiger partial charge on any atom is 0.320 e. The molecule has 0 saturated carbocycles. The molecule has 0 aromatic carbocycles. The van der Waals surface area contributed by atoms with E-state index < -0.39 is 5.97 Å². The summed E-state index contributed by atoms with van der Waals surface area (Å²) in [5.41, 5.74) is 0. The van der Waals surface area contributed by atoms with Crippen molar-refractivity contribution in [3.05, 3.63) is 0 Å². The summed E-state index contributed by atoms with van der Waals surface area (Å²) >= 11 is 0. The summed E-state index contributed by atoms with van der Waals surface area (Å²) in [7, 11) is 0. The number of carbonyl (C=O) groups is 1. The largest absolute Gasteiger partial charge is 0.480 e. The van der Waals surface area contributed by atoms with Crippen molar-refractivity contribution in [3.8, 4) is 0 Å². The van der Waals surface area contributed by atoms with Crippen molar-refractivity contribution in [2.75, 3.05) is 0 Å². The molecule has 1 fully saturated rings. The molecule has 0 aliphatic carbocycles. The average molecular weight is 199 g/mol. The fourth-order valence-electron chi connectivity index (χ4n) is 1.98. The molecule has 0 bridgehead atoms. The van der Waals surface area contributed by atoms with Crippen molar-refractivity contribution < 1.29 is 9.90 Å².